The van der Waals surface area contributed by atoms with Crippen molar-refractivity contribution in [1.29, 1.82) is 0 Å². The van der Waals surface area contributed by atoms with E-state index in [9.17, 15) is 8.76 Å². The molecule has 1 atom stereocenters. The van der Waals surface area contributed by atoms with Crippen LogP contribution < -0.4 is 4.72 Å². The normalized spacial score (nSPS) is 12.6. The van der Waals surface area contributed by atoms with Crippen molar-refractivity contribution >= 4 is 40.2 Å². The maximum absolute atomic E-state index is 10.2. The van der Waals surface area contributed by atoms with Gasteiger partial charge in [-0.2, -0.15) is 0 Å². The molecule has 0 aliphatic heterocycles. The number of nitrogens with one attached hydrogen (secondary N) is 1. The average molecular weight is 225 g/mol. The lowest BCUT2D eigenvalue weighted by Crippen LogP contribution is -2.02. The van der Waals surface area contributed by atoms with E-state index in [1.54, 1.807) is 6.07 Å². The third-order valence-electron chi connectivity index (χ3n) is 1.12. The van der Waals surface area contributed by atoms with Crippen LogP contribution in [0.15, 0.2) is 18.2 Å². The van der Waals surface area contributed by atoms with Gasteiger partial charge in [0.05, 0.1) is 10.7 Å². The Balaban J connectivity index is 2.97. The lowest BCUT2D eigenvalue weighted by Gasteiger charge is -2.09. The quantitative estimate of drug-likeness (QED) is 0.784. The molecule has 1 unspecified atom stereocenters. The Hall–Kier alpha value is -0.290. The van der Waals surface area contributed by atoms with Crippen molar-refractivity contribution in [2.24, 2.45) is 0 Å². The molecule has 66 valence electrons. The summed E-state index contributed by atoms with van der Waals surface area (Å²) in [5.41, 5.74) is 0.275. The Morgan fingerprint density at radius 3 is 2.67 bits per heavy atom. The highest BCUT2D eigenvalue weighted by Crippen LogP contribution is 2.25. The van der Waals surface area contributed by atoms with E-state index in [-0.39, 0.29) is 5.69 Å². The van der Waals surface area contributed by atoms with Gasteiger partial charge in [-0.25, -0.2) is 0 Å². The second kappa shape index (κ2) is 4.09. The van der Waals surface area contributed by atoms with Crippen molar-refractivity contribution in [1.82, 2.24) is 0 Å². The number of hydrogen-bond acceptors (Lipinski definition) is 2. The van der Waals surface area contributed by atoms with E-state index in [0.717, 1.165) is 0 Å². The van der Waals surface area contributed by atoms with Crippen molar-refractivity contribution in [2.45, 2.75) is 0 Å². The van der Waals surface area contributed by atoms with Gasteiger partial charge >= 0.3 is 0 Å². The fraction of sp³-hybridized carbons (Fsp3) is 0. The van der Waals surface area contributed by atoms with Crippen LogP contribution in [0, 0.1) is 0 Å². The first-order valence-corrected chi connectivity index (χ1v) is 4.73. The van der Waals surface area contributed by atoms with Crippen molar-refractivity contribution in [3.05, 3.63) is 28.2 Å². The van der Waals surface area contributed by atoms with E-state index in [0.29, 0.717) is 10.0 Å². The van der Waals surface area contributed by atoms with Gasteiger partial charge in [0.2, 0.25) is 0 Å². The number of benzene rings is 1. The highest BCUT2D eigenvalue weighted by molar-refractivity contribution is 7.80. The van der Waals surface area contributed by atoms with Gasteiger partial charge in [0, 0.05) is 16.3 Å². The number of anilines is 1. The van der Waals surface area contributed by atoms with Gasteiger partial charge in [0.15, 0.2) is 0 Å². The summed E-state index contributed by atoms with van der Waals surface area (Å²) in [7, 11) is 0. The lowest BCUT2D eigenvalue weighted by atomic mass is 10.3. The monoisotopic (exact) mass is 224 g/mol. The fourth-order valence-corrected chi connectivity index (χ4v) is 1.41. The summed E-state index contributed by atoms with van der Waals surface area (Å²) in [4.78, 5) is 0. The minimum Gasteiger partial charge on any atom is -0.755 e. The first-order valence-electron chi connectivity index (χ1n) is 2.90. The first-order chi connectivity index (χ1) is 5.59. The van der Waals surface area contributed by atoms with Crippen LogP contribution in [0.25, 0.3) is 0 Å². The Kier molecular flexibility index (Phi) is 3.34. The molecule has 0 aliphatic carbocycles. The highest BCUT2D eigenvalue weighted by atomic mass is 35.5. The molecule has 0 saturated heterocycles. The summed E-state index contributed by atoms with van der Waals surface area (Å²) in [6.45, 7) is 0. The van der Waals surface area contributed by atoms with Crippen LogP contribution in [-0.4, -0.2) is 8.76 Å². The van der Waals surface area contributed by atoms with Crippen molar-refractivity contribution in [3.8, 4) is 0 Å². The molecule has 0 bridgehead atoms. The van der Waals surface area contributed by atoms with E-state index >= 15 is 0 Å². The highest BCUT2D eigenvalue weighted by Gasteiger charge is 1.99. The molecule has 12 heavy (non-hydrogen) atoms. The van der Waals surface area contributed by atoms with Crippen LogP contribution in [0.2, 0.25) is 10.0 Å². The van der Waals surface area contributed by atoms with Crippen LogP contribution in [-0.2, 0) is 11.3 Å². The molecule has 0 aliphatic rings. The predicted octanol–water partition coefficient (Wildman–Crippen LogP) is 2.20. The molecule has 1 aromatic rings. The van der Waals surface area contributed by atoms with Gasteiger partial charge in [0.1, 0.15) is 0 Å². The zero-order valence-corrected chi connectivity index (χ0v) is 8.04. The summed E-state index contributed by atoms with van der Waals surface area (Å²) in [6, 6.07) is 4.52. The molecule has 1 rings (SSSR count). The zero-order chi connectivity index (χ0) is 9.14. The van der Waals surface area contributed by atoms with Crippen molar-refractivity contribution in [3.63, 3.8) is 0 Å². The van der Waals surface area contributed by atoms with Gasteiger partial charge in [-0.1, -0.05) is 23.2 Å². The van der Waals surface area contributed by atoms with Crippen molar-refractivity contribution < 1.29 is 8.76 Å². The summed E-state index contributed by atoms with van der Waals surface area (Å²) >= 11 is 8.87. The molecule has 1 N–H and O–H groups in total. The van der Waals surface area contributed by atoms with Crippen molar-refractivity contribution in [2.75, 3.05) is 4.72 Å². The zero-order valence-electron chi connectivity index (χ0n) is 5.71. The van der Waals surface area contributed by atoms with E-state index < -0.39 is 11.3 Å². The first kappa shape index (κ1) is 9.80. The summed E-state index contributed by atoms with van der Waals surface area (Å²) in [6.07, 6.45) is 0. The summed E-state index contributed by atoms with van der Waals surface area (Å²) in [5.74, 6) is 0. The van der Waals surface area contributed by atoms with Crippen LogP contribution in [0.1, 0.15) is 0 Å². The molecule has 0 heterocycles. The van der Waals surface area contributed by atoms with E-state index in [4.69, 9.17) is 23.2 Å². The predicted molar refractivity (Wildman–Crippen MR) is 49.0 cm³/mol. The summed E-state index contributed by atoms with van der Waals surface area (Å²) < 4.78 is 22.6. The Labute approximate surface area is 82.1 Å². The molecule has 0 saturated carbocycles. The lowest BCUT2D eigenvalue weighted by molar-refractivity contribution is 0.542. The Bertz CT molecular complexity index is 318. The van der Waals surface area contributed by atoms with Gasteiger partial charge in [-0.15, -0.1) is 0 Å². The maximum atomic E-state index is 10.2. The molecule has 0 fully saturated rings. The molecular formula is C6H4Cl2NO2S-. The van der Waals surface area contributed by atoms with E-state index in [2.05, 4.69) is 4.72 Å². The molecule has 1 aromatic carbocycles. The Morgan fingerprint density at radius 2 is 2.08 bits per heavy atom. The maximum Gasteiger partial charge on any atom is 0.0654 e. The summed E-state index contributed by atoms with van der Waals surface area (Å²) in [5, 5.41) is 0.732. The number of rotatable bonds is 2. The van der Waals surface area contributed by atoms with Crippen LogP contribution >= 0.6 is 23.2 Å². The third-order valence-corrected chi connectivity index (χ3v) is 2.07. The topological polar surface area (TPSA) is 52.2 Å². The number of hydrogen-bond donors (Lipinski definition) is 1. The largest absolute Gasteiger partial charge is 0.755 e. The van der Waals surface area contributed by atoms with Crippen LogP contribution in [0.5, 0.6) is 0 Å². The van der Waals surface area contributed by atoms with Gasteiger partial charge in [0.25, 0.3) is 0 Å². The molecular weight excluding hydrogens is 221 g/mol. The Morgan fingerprint density at radius 1 is 1.42 bits per heavy atom. The minimum absolute atomic E-state index is 0.275. The minimum atomic E-state index is -2.38. The third kappa shape index (κ3) is 2.64. The molecule has 0 aromatic heterocycles. The average Bonchev–Trinajstić information content (AvgIpc) is 1.96. The molecule has 0 spiro atoms. The SMILES string of the molecule is O=S([O-])Nc1cc(Cl)ccc1Cl. The smallest absolute Gasteiger partial charge is 0.0654 e. The second-order valence-corrected chi connectivity index (χ2v) is 3.48. The van der Waals surface area contributed by atoms with Gasteiger partial charge in [-0.05, 0) is 18.2 Å². The molecule has 6 heteroatoms. The standard InChI is InChI=1S/C6H5Cl2NO2S/c7-4-1-2-5(8)6(3-4)9-12(10)11/h1-3,9H,(H,10,11)/p-1. The molecule has 0 amide bonds. The number of halogens is 2. The van der Waals surface area contributed by atoms with Crippen LogP contribution in [0.4, 0.5) is 5.69 Å². The molecule has 3 nitrogen and oxygen atoms in total. The van der Waals surface area contributed by atoms with E-state index in [1.165, 1.54) is 12.1 Å². The van der Waals surface area contributed by atoms with Crippen LogP contribution in [0.3, 0.4) is 0 Å². The van der Waals surface area contributed by atoms with E-state index in [1.807, 2.05) is 0 Å². The fourth-order valence-electron chi connectivity index (χ4n) is 0.665. The van der Waals surface area contributed by atoms with Gasteiger partial charge < -0.3 is 9.27 Å². The second-order valence-electron chi connectivity index (χ2n) is 1.96. The molecule has 0 radical (unpaired) electrons. The van der Waals surface area contributed by atoms with Gasteiger partial charge in [-0.3, -0.25) is 4.21 Å².